The molecule has 18 heavy (non-hydrogen) atoms. The quantitative estimate of drug-likeness (QED) is 0.793. The summed E-state index contributed by atoms with van der Waals surface area (Å²) >= 11 is 0. The first-order chi connectivity index (χ1) is 8.90. The van der Waals surface area contributed by atoms with Crippen LogP contribution in [0.15, 0.2) is 30.3 Å². The van der Waals surface area contributed by atoms with Gasteiger partial charge in [-0.25, -0.2) is 0 Å². The number of piperazine rings is 1. The molecule has 0 spiro atoms. The first-order valence-corrected chi connectivity index (χ1v) is 6.42. The number of ether oxygens (including phenoxy) is 1. The van der Waals surface area contributed by atoms with Crippen LogP contribution in [0.2, 0.25) is 0 Å². The molecule has 96 valence electrons. The maximum atomic E-state index is 9.03. The third-order valence-corrected chi connectivity index (χ3v) is 3.10. The third kappa shape index (κ3) is 3.73. The number of benzene rings is 1. The zero-order valence-electron chi connectivity index (χ0n) is 10.5. The van der Waals surface area contributed by atoms with E-state index >= 15 is 0 Å². The van der Waals surface area contributed by atoms with Crippen LogP contribution >= 0.6 is 0 Å². The van der Waals surface area contributed by atoms with Gasteiger partial charge in [0, 0.05) is 26.2 Å². The van der Waals surface area contributed by atoms with Gasteiger partial charge < -0.3 is 10.1 Å². The van der Waals surface area contributed by atoms with E-state index in [1.165, 1.54) is 0 Å². The van der Waals surface area contributed by atoms with Crippen molar-refractivity contribution in [3.05, 3.63) is 30.3 Å². The summed E-state index contributed by atoms with van der Waals surface area (Å²) in [6.45, 7) is 4.32. The summed E-state index contributed by atoms with van der Waals surface area (Å²) in [7, 11) is 0. The predicted molar refractivity (Wildman–Crippen MR) is 70.4 cm³/mol. The number of nitrogens with one attached hydrogen (secondary N) is 1. The monoisotopic (exact) mass is 245 g/mol. The van der Waals surface area contributed by atoms with Crippen molar-refractivity contribution in [2.45, 2.75) is 12.5 Å². The van der Waals surface area contributed by atoms with E-state index in [-0.39, 0.29) is 6.04 Å². The van der Waals surface area contributed by atoms with Crippen LogP contribution in [0.4, 0.5) is 0 Å². The Balaban J connectivity index is 1.67. The topological polar surface area (TPSA) is 48.3 Å². The van der Waals surface area contributed by atoms with E-state index in [1.807, 2.05) is 30.3 Å². The first-order valence-electron chi connectivity index (χ1n) is 6.42. The zero-order valence-corrected chi connectivity index (χ0v) is 10.5. The molecule has 1 fully saturated rings. The van der Waals surface area contributed by atoms with Crippen LogP contribution in [0.25, 0.3) is 0 Å². The largest absolute Gasteiger partial charge is 0.494 e. The van der Waals surface area contributed by atoms with Gasteiger partial charge in [0.05, 0.1) is 12.7 Å². The number of nitriles is 1. The molecular weight excluding hydrogens is 226 g/mol. The number of nitrogens with zero attached hydrogens (tertiary/aromatic N) is 2. The number of hydrogen-bond donors (Lipinski definition) is 1. The van der Waals surface area contributed by atoms with Crippen LogP contribution < -0.4 is 10.1 Å². The van der Waals surface area contributed by atoms with Gasteiger partial charge in [0.1, 0.15) is 11.8 Å². The molecule has 2 rings (SSSR count). The highest BCUT2D eigenvalue weighted by Gasteiger charge is 2.20. The number of para-hydroxylation sites is 1. The lowest BCUT2D eigenvalue weighted by molar-refractivity contribution is 0.180. The van der Waals surface area contributed by atoms with Gasteiger partial charge in [-0.2, -0.15) is 5.26 Å². The number of hydrogen-bond acceptors (Lipinski definition) is 4. The molecule has 1 N–H and O–H groups in total. The smallest absolute Gasteiger partial charge is 0.119 e. The predicted octanol–water partition coefficient (Wildman–Crippen LogP) is 1.25. The molecule has 1 aliphatic rings. The molecule has 0 amide bonds. The van der Waals surface area contributed by atoms with E-state index in [0.717, 1.165) is 38.3 Å². The van der Waals surface area contributed by atoms with Crippen LogP contribution in [-0.4, -0.2) is 43.7 Å². The average Bonchev–Trinajstić information content (AvgIpc) is 2.45. The van der Waals surface area contributed by atoms with Crippen molar-refractivity contribution in [2.24, 2.45) is 0 Å². The van der Waals surface area contributed by atoms with Gasteiger partial charge in [0.2, 0.25) is 0 Å². The van der Waals surface area contributed by atoms with Crippen LogP contribution in [-0.2, 0) is 0 Å². The van der Waals surface area contributed by atoms with Crippen LogP contribution in [0.1, 0.15) is 6.42 Å². The lowest BCUT2D eigenvalue weighted by Crippen LogP contribution is -2.50. The van der Waals surface area contributed by atoms with E-state index < -0.39 is 0 Å². The van der Waals surface area contributed by atoms with Crippen molar-refractivity contribution in [2.75, 3.05) is 32.8 Å². The minimum atomic E-state index is 0.00970. The summed E-state index contributed by atoms with van der Waals surface area (Å²) in [6, 6.07) is 12.2. The van der Waals surface area contributed by atoms with E-state index in [9.17, 15) is 0 Å². The second kappa shape index (κ2) is 7.00. The minimum absolute atomic E-state index is 0.00970. The van der Waals surface area contributed by atoms with Gasteiger partial charge in [-0.1, -0.05) is 18.2 Å². The zero-order chi connectivity index (χ0) is 12.6. The van der Waals surface area contributed by atoms with Crippen LogP contribution in [0, 0.1) is 11.3 Å². The van der Waals surface area contributed by atoms with E-state index in [1.54, 1.807) is 0 Å². The summed E-state index contributed by atoms with van der Waals surface area (Å²) in [4.78, 5) is 2.23. The third-order valence-electron chi connectivity index (χ3n) is 3.10. The second-order valence-corrected chi connectivity index (χ2v) is 4.40. The van der Waals surface area contributed by atoms with Crippen molar-refractivity contribution < 1.29 is 4.74 Å². The molecule has 4 nitrogen and oxygen atoms in total. The molecule has 0 saturated carbocycles. The molecule has 0 aliphatic carbocycles. The van der Waals surface area contributed by atoms with Crippen molar-refractivity contribution in [3.63, 3.8) is 0 Å². The summed E-state index contributed by atoms with van der Waals surface area (Å²) in [5, 5.41) is 12.3. The lowest BCUT2D eigenvalue weighted by Gasteiger charge is -2.31. The molecule has 0 bridgehead atoms. The van der Waals surface area contributed by atoms with Gasteiger partial charge in [0.25, 0.3) is 0 Å². The SMILES string of the molecule is N#CC1CNCCN1CCCOc1ccccc1. The molecule has 4 heteroatoms. The second-order valence-electron chi connectivity index (χ2n) is 4.40. The van der Waals surface area contributed by atoms with Crippen molar-refractivity contribution in [1.29, 1.82) is 5.26 Å². The first kappa shape index (κ1) is 12.9. The molecule has 1 aromatic rings. The molecule has 1 unspecified atom stereocenters. The average molecular weight is 245 g/mol. The number of rotatable bonds is 5. The standard InChI is InChI=1S/C14H19N3O/c15-11-13-12-16-7-9-17(13)8-4-10-18-14-5-2-1-3-6-14/h1-3,5-6,13,16H,4,7-10,12H2. The molecular formula is C14H19N3O. The highest BCUT2D eigenvalue weighted by Crippen LogP contribution is 2.09. The molecule has 1 heterocycles. The normalized spacial score (nSPS) is 20.3. The van der Waals surface area contributed by atoms with Crippen LogP contribution in [0.5, 0.6) is 5.75 Å². The van der Waals surface area contributed by atoms with Gasteiger partial charge in [0.15, 0.2) is 0 Å². The fourth-order valence-corrected chi connectivity index (χ4v) is 2.12. The summed E-state index contributed by atoms with van der Waals surface area (Å²) in [6.07, 6.45) is 0.951. The van der Waals surface area contributed by atoms with Crippen molar-refractivity contribution in [3.8, 4) is 11.8 Å². The summed E-state index contributed by atoms with van der Waals surface area (Å²) in [5.41, 5.74) is 0. The van der Waals surface area contributed by atoms with E-state index in [4.69, 9.17) is 10.00 Å². The highest BCUT2D eigenvalue weighted by atomic mass is 16.5. The Hall–Kier alpha value is -1.57. The van der Waals surface area contributed by atoms with Crippen LogP contribution in [0.3, 0.4) is 0 Å². The fourth-order valence-electron chi connectivity index (χ4n) is 2.12. The molecule has 1 atom stereocenters. The van der Waals surface area contributed by atoms with Gasteiger partial charge >= 0.3 is 0 Å². The summed E-state index contributed by atoms with van der Waals surface area (Å²) < 4.78 is 5.64. The Morgan fingerprint density at radius 1 is 1.39 bits per heavy atom. The molecule has 1 aliphatic heterocycles. The maximum absolute atomic E-state index is 9.03. The molecule has 1 aromatic carbocycles. The maximum Gasteiger partial charge on any atom is 0.119 e. The van der Waals surface area contributed by atoms with Gasteiger partial charge in [-0.3, -0.25) is 4.90 Å². The highest BCUT2D eigenvalue weighted by molar-refractivity contribution is 5.20. The Bertz CT molecular complexity index is 388. The Morgan fingerprint density at radius 2 is 2.22 bits per heavy atom. The van der Waals surface area contributed by atoms with Crippen molar-refractivity contribution in [1.82, 2.24) is 10.2 Å². The van der Waals surface area contributed by atoms with E-state index in [0.29, 0.717) is 6.61 Å². The summed E-state index contributed by atoms with van der Waals surface area (Å²) in [5.74, 6) is 0.912. The van der Waals surface area contributed by atoms with Gasteiger partial charge in [-0.05, 0) is 18.6 Å². The fraction of sp³-hybridized carbons (Fsp3) is 0.500. The Morgan fingerprint density at radius 3 is 3.00 bits per heavy atom. The Kier molecular flexibility index (Phi) is 5.00. The molecule has 0 radical (unpaired) electrons. The minimum Gasteiger partial charge on any atom is -0.494 e. The van der Waals surface area contributed by atoms with Gasteiger partial charge in [-0.15, -0.1) is 0 Å². The van der Waals surface area contributed by atoms with E-state index in [2.05, 4.69) is 16.3 Å². The lowest BCUT2D eigenvalue weighted by atomic mass is 10.2. The molecule has 0 aromatic heterocycles. The molecule has 1 saturated heterocycles. The Labute approximate surface area is 108 Å². The van der Waals surface area contributed by atoms with Crippen molar-refractivity contribution >= 4 is 0 Å².